The predicted octanol–water partition coefficient (Wildman–Crippen LogP) is 3.17. The third-order valence-electron chi connectivity index (χ3n) is 5.33. The molecule has 0 aliphatic heterocycles. The molecule has 2 rings (SSSR count). The fraction of sp³-hybridized carbons (Fsp3) is 0.548. The average Bonchev–Trinajstić information content (AvgIpc) is 2.98. The number of carbonyl (C=O) groups excluding carboxylic acids is 1. The van der Waals surface area contributed by atoms with Crippen molar-refractivity contribution in [3.63, 3.8) is 0 Å². The van der Waals surface area contributed by atoms with Gasteiger partial charge in [-0.2, -0.15) is 0 Å². The summed E-state index contributed by atoms with van der Waals surface area (Å²) in [6.45, 7) is 12.7. The van der Waals surface area contributed by atoms with Crippen molar-refractivity contribution in [2.75, 3.05) is 47.0 Å². The Bertz CT molecular complexity index is 927. The third kappa shape index (κ3) is 22.4. The lowest BCUT2D eigenvalue weighted by Gasteiger charge is -2.22. The molecule has 1 aliphatic carbocycles. The van der Waals surface area contributed by atoms with E-state index in [1.165, 1.54) is 0 Å². The Morgan fingerprint density at radius 2 is 1.78 bits per heavy atom. The number of hydrogen-bond acceptors (Lipinski definition) is 8. The number of amidine groups is 2. The molecule has 0 fully saturated rings. The lowest BCUT2D eigenvalue weighted by atomic mass is 9.93. The van der Waals surface area contributed by atoms with Gasteiger partial charge in [-0.05, 0) is 70.1 Å². The van der Waals surface area contributed by atoms with Crippen molar-refractivity contribution in [1.82, 2.24) is 5.32 Å². The monoisotopic (exact) mass is 576 g/mol. The minimum atomic E-state index is 0.112. The normalized spacial score (nSPS) is 12.6. The number of carbonyl (C=O) groups is 1. The first-order valence-electron chi connectivity index (χ1n) is 13.8. The first-order valence-corrected chi connectivity index (χ1v) is 13.8. The van der Waals surface area contributed by atoms with Crippen molar-refractivity contribution in [1.29, 1.82) is 5.41 Å². The number of nitrogens with zero attached hydrogens (tertiary/aromatic N) is 2. The fourth-order valence-corrected chi connectivity index (χ4v) is 3.48. The standard InChI is InChI=1S/C14H26N4.C13H18N2O.C2H6O.CH4O.CH2O/c1-14(2,9-17-3)10-18-13(16)12-7-5-4-6-11(12)8-15;1-11-6-5-7-12(10-11)13(14)15-8-3-2-4-9-16;1-2-3;2*1-2/h6-7,17H,4-5,8-10,15H2,1-3H3,(H2,16,18);5-8,10,14,16H,2-4,9H2,1H3;3H,2H2,1H3;2H,1H3;1H2. The lowest BCUT2D eigenvalue weighted by Crippen LogP contribution is -2.31. The van der Waals surface area contributed by atoms with Crippen LogP contribution in [0.1, 0.15) is 64.0 Å². The molecule has 0 amide bonds. The molecule has 0 spiro atoms. The van der Waals surface area contributed by atoms with Gasteiger partial charge in [0, 0.05) is 57.3 Å². The van der Waals surface area contributed by atoms with E-state index in [-0.39, 0.29) is 18.6 Å². The minimum Gasteiger partial charge on any atom is -0.400 e. The Labute approximate surface area is 247 Å². The molecule has 0 atom stereocenters. The van der Waals surface area contributed by atoms with Crippen molar-refractivity contribution in [3.05, 3.63) is 58.7 Å². The lowest BCUT2D eigenvalue weighted by molar-refractivity contribution is -0.0980. The summed E-state index contributed by atoms with van der Waals surface area (Å²) in [5.41, 5.74) is 16.1. The molecular formula is C31H56N6O4. The second kappa shape index (κ2) is 28.5. The number of hydrogen-bond donors (Lipinski definition) is 7. The van der Waals surface area contributed by atoms with Gasteiger partial charge in [-0.15, -0.1) is 0 Å². The van der Waals surface area contributed by atoms with Crippen LogP contribution in [0.4, 0.5) is 0 Å². The Balaban J connectivity index is -0.000000580. The summed E-state index contributed by atoms with van der Waals surface area (Å²) in [5.74, 6) is 0.920. The van der Waals surface area contributed by atoms with Gasteiger partial charge in [-0.1, -0.05) is 49.8 Å². The molecule has 0 unspecified atom stereocenters. The highest BCUT2D eigenvalue weighted by Gasteiger charge is 2.17. The highest BCUT2D eigenvalue weighted by atomic mass is 16.3. The molecule has 0 bridgehead atoms. The quantitative estimate of drug-likeness (QED) is 0.119. The van der Waals surface area contributed by atoms with Crippen LogP contribution in [0.3, 0.4) is 0 Å². The smallest absolute Gasteiger partial charge is 0.151 e. The molecule has 9 N–H and O–H groups in total. The maximum absolute atomic E-state index is 8.60. The maximum atomic E-state index is 8.60. The number of nitrogens with one attached hydrogen (secondary N) is 2. The number of rotatable bonds is 11. The Morgan fingerprint density at radius 1 is 1.17 bits per heavy atom. The zero-order valence-electron chi connectivity index (χ0n) is 26.1. The molecule has 10 heteroatoms. The summed E-state index contributed by atoms with van der Waals surface area (Å²) in [7, 11) is 2.95. The second-order valence-corrected chi connectivity index (χ2v) is 9.59. The van der Waals surface area contributed by atoms with Gasteiger partial charge in [0.2, 0.25) is 0 Å². The van der Waals surface area contributed by atoms with Gasteiger partial charge < -0.3 is 36.9 Å². The van der Waals surface area contributed by atoms with Crippen molar-refractivity contribution in [2.45, 2.75) is 59.8 Å². The molecule has 1 aromatic carbocycles. The molecule has 0 aromatic heterocycles. The van der Waals surface area contributed by atoms with E-state index >= 15 is 0 Å². The third-order valence-corrected chi connectivity index (χ3v) is 5.33. The molecule has 0 heterocycles. The van der Waals surface area contributed by atoms with Gasteiger partial charge in [-0.25, -0.2) is 4.99 Å². The highest BCUT2D eigenvalue weighted by molar-refractivity contribution is 6.01. The number of aliphatic imine (C=N–C) groups is 2. The van der Waals surface area contributed by atoms with Crippen molar-refractivity contribution < 1.29 is 20.1 Å². The van der Waals surface area contributed by atoms with Gasteiger partial charge >= 0.3 is 0 Å². The fourth-order valence-electron chi connectivity index (χ4n) is 3.48. The van der Waals surface area contributed by atoms with E-state index in [0.717, 1.165) is 74.6 Å². The second-order valence-electron chi connectivity index (χ2n) is 9.59. The average molecular weight is 577 g/mol. The van der Waals surface area contributed by atoms with E-state index in [0.29, 0.717) is 18.2 Å². The first-order chi connectivity index (χ1) is 19.6. The van der Waals surface area contributed by atoms with Gasteiger partial charge in [0.25, 0.3) is 0 Å². The summed E-state index contributed by atoms with van der Waals surface area (Å²) in [5, 5.41) is 34.1. The minimum absolute atomic E-state index is 0.112. The number of nitrogens with two attached hydrogens (primary N) is 2. The maximum Gasteiger partial charge on any atom is 0.151 e. The molecule has 0 saturated heterocycles. The summed E-state index contributed by atoms with van der Waals surface area (Å²) in [6.07, 6.45) is 10.7. The largest absolute Gasteiger partial charge is 0.400 e. The number of unbranched alkanes of at least 4 members (excludes halogenated alkanes) is 2. The molecule has 0 radical (unpaired) electrons. The van der Waals surface area contributed by atoms with Gasteiger partial charge in [0.15, 0.2) is 5.84 Å². The summed E-state index contributed by atoms with van der Waals surface area (Å²) in [6, 6.07) is 7.77. The molecule has 1 aliphatic rings. The predicted molar refractivity (Wildman–Crippen MR) is 174 cm³/mol. The van der Waals surface area contributed by atoms with E-state index in [9.17, 15) is 0 Å². The number of allylic oxidation sites excluding steroid dienone is 2. The van der Waals surface area contributed by atoms with Crippen LogP contribution < -0.4 is 16.8 Å². The molecule has 234 valence electrons. The molecular weight excluding hydrogens is 520 g/mol. The van der Waals surface area contributed by atoms with Crippen molar-refractivity contribution in [3.8, 4) is 0 Å². The van der Waals surface area contributed by atoms with Crippen molar-refractivity contribution >= 4 is 24.7 Å². The number of aliphatic hydroxyl groups excluding tert-OH is 3. The molecule has 0 saturated carbocycles. The van der Waals surface area contributed by atoms with Crippen molar-refractivity contribution in [2.24, 2.45) is 26.9 Å². The molecule has 1 aromatic rings. The Kier molecular flexibility index (Phi) is 29.5. The van der Waals surface area contributed by atoms with Crippen LogP contribution in [-0.4, -0.2) is 87.0 Å². The van der Waals surface area contributed by atoms with Crippen LogP contribution in [0.5, 0.6) is 0 Å². The van der Waals surface area contributed by atoms with Gasteiger partial charge in [0.1, 0.15) is 12.6 Å². The zero-order chi connectivity index (χ0) is 32.1. The molecule has 41 heavy (non-hydrogen) atoms. The van der Waals surface area contributed by atoms with E-state index in [4.69, 9.17) is 37.0 Å². The first kappa shape index (κ1) is 42.4. The van der Waals surface area contributed by atoms with Gasteiger partial charge in [0.05, 0.1) is 0 Å². The number of aryl methyl sites for hydroxylation is 1. The summed E-state index contributed by atoms with van der Waals surface area (Å²) in [4.78, 5) is 16.6. The Morgan fingerprint density at radius 3 is 2.32 bits per heavy atom. The SMILES string of the molecule is C=O.CCO.CNCC(C)(C)CN=C(N)C1=CCCC=C1CN.CO.Cc1cccc(C(=N)N=CCCCCO)c1. The van der Waals surface area contributed by atoms with Gasteiger partial charge in [-0.3, -0.25) is 10.4 Å². The van der Waals surface area contributed by atoms with Crippen LogP contribution in [0.15, 0.2) is 57.5 Å². The number of aliphatic hydroxyl groups is 3. The summed E-state index contributed by atoms with van der Waals surface area (Å²) < 4.78 is 0. The van der Waals surface area contributed by atoms with E-state index in [1.54, 1.807) is 13.1 Å². The zero-order valence-corrected chi connectivity index (χ0v) is 26.1. The van der Waals surface area contributed by atoms with E-state index in [1.807, 2.05) is 45.0 Å². The van der Waals surface area contributed by atoms with E-state index < -0.39 is 0 Å². The van der Waals surface area contributed by atoms with Crippen LogP contribution >= 0.6 is 0 Å². The topological polar surface area (TPSA) is 190 Å². The number of benzene rings is 1. The van der Waals surface area contributed by atoms with Crippen LogP contribution in [0, 0.1) is 17.7 Å². The summed E-state index contributed by atoms with van der Waals surface area (Å²) >= 11 is 0. The van der Waals surface area contributed by atoms with E-state index in [2.05, 4.69) is 41.3 Å². The van der Waals surface area contributed by atoms with Crippen LogP contribution in [0.2, 0.25) is 0 Å². The van der Waals surface area contributed by atoms with Crippen LogP contribution in [0.25, 0.3) is 0 Å². The Hall–Kier alpha value is -3.02. The van der Waals surface area contributed by atoms with Crippen LogP contribution in [-0.2, 0) is 4.79 Å². The molecule has 10 nitrogen and oxygen atoms in total. The highest BCUT2D eigenvalue weighted by Crippen LogP contribution is 2.19.